The van der Waals surface area contributed by atoms with Crippen molar-refractivity contribution in [3.8, 4) is 11.4 Å². The molecule has 2 N–H and O–H groups in total. The normalized spacial score (nSPS) is 11.8. The third-order valence-electron chi connectivity index (χ3n) is 3.16. The van der Waals surface area contributed by atoms with Gasteiger partial charge in [-0.15, -0.1) is 5.10 Å². The van der Waals surface area contributed by atoms with E-state index in [9.17, 15) is 0 Å². The summed E-state index contributed by atoms with van der Waals surface area (Å²) >= 11 is 6.03. The van der Waals surface area contributed by atoms with Gasteiger partial charge in [0.1, 0.15) is 0 Å². The molecule has 0 saturated heterocycles. The highest BCUT2D eigenvalue weighted by Crippen LogP contribution is 2.31. The van der Waals surface area contributed by atoms with Gasteiger partial charge < -0.3 is 5.73 Å². The molecule has 0 radical (unpaired) electrons. The summed E-state index contributed by atoms with van der Waals surface area (Å²) in [5.74, 6) is 0.651. The van der Waals surface area contributed by atoms with Crippen LogP contribution < -0.4 is 5.73 Å². The molecule has 0 bridgehead atoms. The Kier molecular flexibility index (Phi) is 3.75. The van der Waals surface area contributed by atoms with Gasteiger partial charge in [0.15, 0.2) is 5.82 Å². The van der Waals surface area contributed by atoms with Crippen LogP contribution >= 0.6 is 11.6 Å². The monoisotopic (exact) mass is 279 g/mol. The summed E-state index contributed by atoms with van der Waals surface area (Å²) in [4.78, 5) is 0. The third kappa shape index (κ3) is 2.71. The molecule has 1 aromatic heterocycles. The molecule has 0 unspecified atom stereocenters. The van der Waals surface area contributed by atoms with Crippen LogP contribution in [0, 0.1) is 0 Å². The van der Waals surface area contributed by atoms with Gasteiger partial charge in [0.05, 0.1) is 5.54 Å². The van der Waals surface area contributed by atoms with E-state index in [1.165, 1.54) is 0 Å². The summed E-state index contributed by atoms with van der Waals surface area (Å²) in [7, 11) is 0. The molecule has 0 fully saturated rings. The van der Waals surface area contributed by atoms with Crippen molar-refractivity contribution in [2.75, 3.05) is 5.73 Å². The highest BCUT2D eigenvalue weighted by molar-refractivity contribution is 6.31. The van der Waals surface area contributed by atoms with Crippen molar-refractivity contribution in [1.29, 1.82) is 0 Å². The Morgan fingerprint density at radius 2 is 2.11 bits per heavy atom. The van der Waals surface area contributed by atoms with Crippen LogP contribution in [-0.2, 0) is 5.54 Å². The maximum absolute atomic E-state index is 6.03. The molecular weight excluding hydrogens is 262 g/mol. The molecule has 0 saturated carbocycles. The maximum Gasteiger partial charge on any atom is 0.184 e. The molecule has 1 heterocycles. The van der Waals surface area contributed by atoms with E-state index in [0.29, 0.717) is 16.5 Å². The fourth-order valence-electron chi connectivity index (χ4n) is 2.20. The van der Waals surface area contributed by atoms with Crippen LogP contribution in [0.25, 0.3) is 11.4 Å². The second-order valence-electron chi connectivity index (χ2n) is 5.21. The quantitative estimate of drug-likeness (QED) is 0.873. The van der Waals surface area contributed by atoms with Gasteiger partial charge in [-0.25, -0.2) is 4.68 Å². The number of nitrogens with two attached hydrogens (primary N) is 1. The van der Waals surface area contributed by atoms with E-state index in [1.807, 2.05) is 4.68 Å². The second-order valence-corrected chi connectivity index (χ2v) is 5.64. The number of hydrogen-bond acceptors (Lipinski definition) is 4. The maximum atomic E-state index is 6.03. The molecule has 6 heteroatoms. The van der Waals surface area contributed by atoms with Crippen LogP contribution in [0.5, 0.6) is 0 Å². The van der Waals surface area contributed by atoms with Gasteiger partial charge in [0.25, 0.3) is 0 Å². The summed E-state index contributed by atoms with van der Waals surface area (Å²) in [6.45, 7) is 6.35. The molecule has 1 aromatic carbocycles. The SMILES string of the molecule is CCCC(C)(C)n1nnnc1-c1cc(Cl)ccc1N. The molecule has 0 aliphatic rings. The lowest BCUT2D eigenvalue weighted by Gasteiger charge is -2.25. The van der Waals surface area contributed by atoms with Gasteiger partial charge in [0.2, 0.25) is 0 Å². The number of nitrogen functional groups attached to an aromatic ring is 1. The van der Waals surface area contributed by atoms with E-state index in [-0.39, 0.29) is 5.54 Å². The van der Waals surface area contributed by atoms with Crippen LogP contribution in [0.1, 0.15) is 33.6 Å². The number of benzene rings is 1. The van der Waals surface area contributed by atoms with Crippen molar-refractivity contribution in [3.63, 3.8) is 0 Å². The van der Waals surface area contributed by atoms with E-state index >= 15 is 0 Å². The fourth-order valence-corrected chi connectivity index (χ4v) is 2.37. The smallest absolute Gasteiger partial charge is 0.184 e. The predicted octanol–water partition coefficient (Wildman–Crippen LogP) is 3.11. The Bertz CT molecular complexity index is 576. The van der Waals surface area contributed by atoms with Crippen molar-refractivity contribution < 1.29 is 0 Å². The van der Waals surface area contributed by atoms with Crippen molar-refractivity contribution in [2.45, 2.75) is 39.2 Å². The third-order valence-corrected chi connectivity index (χ3v) is 3.40. The molecule has 0 spiro atoms. The van der Waals surface area contributed by atoms with Gasteiger partial charge in [-0.1, -0.05) is 24.9 Å². The van der Waals surface area contributed by atoms with Crippen molar-refractivity contribution in [2.24, 2.45) is 0 Å². The van der Waals surface area contributed by atoms with Gasteiger partial charge >= 0.3 is 0 Å². The standard InChI is InChI=1S/C13H18ClN5/c1-4-7-13(2,3)19-12(16-17-18-19)10-8-9(14)5-6-11(10)15/h5-6,8H,4,7,15H2,1-3H3. The Balaban J connectivity index is 2.53. The minimum Gasteiger partial charge on any atom is -0.398 e. The van der Waals surface area contributed by atoms with Gasteiger partial charge in [-0.3, -0.25) is 0 Å². The molecule has 0 aliphatic heterocycles. The van der Waals surface area contributed by atoms with E-state index in [4.69, 9.17) is 17.3 Å². The van der Waals surface area contributed by atoms with Gasteiger partial charge in [0, 0.05) is 16.3 Å². The van der Waals surface area contributed by atoms with Crippen molar-refractivity contribution in [1.82, 2.24) is 20.2 Å². The number of aromatic nitrogens is 4. The van der Waals surface area contributed by atoms with E-state index in [1.54, 1.807) is 18.2 Å². The molecule has 2 rings (SSSR count). The average molecular weight is 280 g/mol. The predicted molar refractivity (Wildman–Crippen MR) is 76.9 cm³/mol. The topological polar surface area (TPSA) is 69.6 Å². The summed E-state index contributed by atoms with van der Waals surface area (Å²) < 4.78 is 1.82. The minimum absolute atomic E-state index is 0.164. The lowest BCUT2D eigenvalue weighted by molar-refractivity contribution is 0.290. The Hall–Kier alpha value is -1.62. The first-order chi connectivity index (χ1) is 8.95. The second kappa shape index (κ2) is 5.17. The van der Waals surface area contributed by atoms with Crippen LogP contribution in [0.2, 0.25) is 5.02 Å². The summed E-state index contributed by atoms with van der Waals surface area (Å²) in [6, 6.07) is 5.32. The molecule has 0 amide bonds. The summed E-state index contributed by atoms with van der Waals surface area (Å²) in [5, 5.41) is 12.6. The Morgan fingerprint density at radius 1 is 1.37 bits per heavy atom. The van der Waals surface area contributed by atoms with E-state index in [0.717, 1.165) is 18.4 Å². The average Bonchev–Trinajstić information content (AvgIpc) is 2.82. The van der Waals surface area contributed by atoms with Crippen LogP contribution in [0.15, 0.2) is 18.2 Å². The highest BCUT2D eigenvalue weighted by atomic mass is 35.5. The first kappa shape index (κ1) is 13.8. The molecule has 19 heavy (non-hydrogen) atoms. The first-order valence-electron chi connectivity index (χ1n) is 6.30. The lowest BCUT2D eigenvalue weighted by atomic mass is 9.98. The van der Waals surface area contributed by atoms with E-state index < -0.39 is 0 Å². The summed E-state index contributed by atoms with van der Waals surface area (Å²) in [6.07, 6.45) is 2.03. The molecule has 5 nitrogen and oxygen atoms in total. The zero-order valence-corrected chi connectivity index (χ0v) is 12.1. The molecular formula is C13H18ClN5. The van der Waals surface area contributed by atoms with Crippen molar-refractivity contribution >= 4 is 17.3 Å². The molecule has 0 atom stereocenters. The van der Waals surface area contributed by atoms with Crippen LogP contribution in [0.4, 0.5) is 5.69 Å². The Labute approximate surface area is 117 Å². The lowest BCUT2D eigenvalue weighted by Crippen LogP contribution is -2.28. The van der Waals surface area contributed by atoms with E-state index in [2.05, 4.69) is 36.3 Å². The fraction of sp³-hybridized carbons (Fsp3) is 0.462. The molecule has 0 aliphatic carbocycles. The van der Waals surface area contributed by atoms with Crippen LogP contribution in [0.3, 0.4) is 0 Å². The number of nitrogens with zero attached hydrogens (tertiary/aromatic N) is 4. The largest absolute Gasteiger partial charge is 0.398 e. The number of rotatable bonds is 4. The zero-order valence-electron chi connectivity index (χ0n) is 11.4. The number of tetrazole rings is 1. The zero-order chi connectivity index (χ0) is 14.0. The van der Waals surface area contributed by atoms with Crippen LogP contribution in [-0.4, -0.2) is 20.2 Å². The summed E-state index contributed by atoms with van der Waals surface area (Å²) in [5.41, 5.74) is 7.22. The number of halogens is 1. The molecule has 102 valence electrons. The molecule has 2 aromatic rings. The number of hydrogen-bond donors (Lipinski definition) is 1. The minimum atomic E-state index is -0.164. The first-order valence-corrected chi connectivity index (χ1v) is 6.68. The van der Waals surface area contributed by atoms with Gasteiger partial charge in [-0.05, 0) is 48.9 Å². The Morgan fingerprint density at radius 3 is 2.79 bits per heavy atom. The van der Waals surface area contributed by atoms with Gasteiger partial charge in [-0.2, -0.15) is 0 Å². The highest BCUT2D eigenvalue weighted by Gasteiger charge is 2.25. The number of anilines is 1. The van der Waals surface area contributed by atoms with Crippen molar-refractivity contribution in [3.05, 3.63) is 23.2 Å².